The minimum Gasteiger partial charge on any atom is -0.507 e. The van der Waals surface area contributed by atoms with Crippen LogP contribution in [-0.4, -0.2) is 41.0 Å². The molecule has 1 unspecified atom stereocenters. The Labute approximate surface area is 213 Å². The molecule has 3 aromatic carbocycles. The van der Waals surface area contributed by atoms with Gasteiger partial charge in [-0.05, 0) is 47.6 Å². The number of ketones is 1. The average molecular weight is 486 g/mol. The van der Waals surface area contributed by atoms with E-state index in [1.807, 2.05) is 74.5 Å². The number of rotatable bonds is 7. The molecule has 0 aromatic heterocycles. The first-order valence-electron chi connectivity index (χ1n) is 12.6. The molecular weight excluding hydrogens is 450 g/mol. The van der Waals surface area contributed by atoms with Gasteiger partial charge in [0.15, 0.2) is 0 Å². The topological polar surface area (TPSA) is 66.8 Å². The van der Waals surface area contributed by atoms with Gasteiger partial charge in [0.05, 0.1) is 17.7 Å². The number of amides is 1. The summed E-state index contributed by atoms with van der Waals surface area (Å²) in [5, 5.41) is 13.3. The van der Waals surface area contributed by atoms with E-state index in [4.69, 9.17) is 4.74 Å². The fourth-order valence-electron chi connectivity index (χ4n) is 4.75. The number of benzene rings is 3. The largest absolute Gasteiger partial charge is 0.507 e. The minimum absolute atomic E-state index is 0.0303. The summed E-state index contributed by atoms with van der Waals surface area (Å²) in [5.74, 6) is -1.39. The van der Waals surface area contributed by atoms with E-state index in [1.54, 1.807) is 11.0 Å². The smallest absolute Gasteiger partial charge is 0.295 e. The molecule has 36 heavy (non-hydrogen) atoms. The maximum atomic E-state index is 13.4. The Hall–Kier alpha value is -3.44. The van der Waals surface area contributed by atoms with Crippen molar-refractivity contribution in [2.45, 2.75) is 58.6 Å². The zero-order valence-electron chi connectivity index (χ0n) is 21.7. The molecule has 1 atom stereocenters. The number of carbonyl (C=O) groups excluding carboxylic acids is 2. The van der Waals surface area contributed by atoms with Gasteiger partial charge in [-0.15, -0.1) is 0 Å². The summed E-state index contributed by atoms with van der Waals surface area (Å²) in [6, 6.07) is 20.6. The summed E-state index contributed by atoms with van der Waals surface area (Å²) in [5.41, 5.74) is 2.60. The summed E-state index contributed by atoms with van der Waals surface area (Å²) in [6.45, 7) is 11.2. The molecule has 0 saturated carbocycles. The van der Waals surface area contributed by atoms with Gasteiger partial charge in [0.2, 0.25) is 0 Å². The van der Waals surface area contributed by atoms with Crippen LogP contribution in [0.2, 0.25) is 0 Å². The van der Waals surface area contributed by atoms with E-state index in [1.165, 1.54) is 0 Å². The van der Waals surface area contributed by atoms with Crippen LogP contribution in [0.5, 0.6) is 0 Å². The number of aliphatic hydroxyl groups is 1. The maximum Gasteiger partial charge on any atom is 0.295 e. The van der Waals surface area contributed by atoms with Gasteiger partial charge in [-0.25, -0.2) is 0 Å². The van der Waals surface area contributed by atoms with Crippen LogP contribution in [-0.2, 0) is 19.7 Å². The van der Waals surface area contributed by atoms with Gasteiger partial charge in [0, 0.05) is 18.7 Å². The zero-order chi connectivity index (χ0) is 26.0. The number of hydrogen-bond acceptors (Lipinski definition) is 4. The highest BCUT2D eigenvalue weighted by atomic mass is 16.5. The summed E-state index contributed by atoms with van der Waals surface area (Å²) in [6.07, 6.45) is 0.684. The number of aliphatic hydroxyl groups excluding tert-OH is 1. The van der Waals surface area contributed by atoms with E-state index in [9.17, 15) is 14.7 Å². The molecule has 0 radical (unpaired) electrons. The molecule has 4 rings (SSSR count). The molecular formula is C31H35NO4. The molecule has 0 spiro atoms. The second-order valence-electron chi connectivity index (χ2n) is 10.7. The molecule has 1 aliphatic rings. The number of Topliss-reactive ketones (excluding diaryl/α,β-unsaturated/α-hetero) is 1. The number of likely N-dealkylation sites (tertiary alicyclic amines) is 1. The highest BCUT2D eigenvalue weighted by Gasteiger charge is 2.46. The van der Waals surface area contributed by atoms with Crippen molar-refractivity contribution in [1.82, 2.24) is 4.90 Å². The van der Waals surface area contributed by atoms with Crippen molar-refractivity contribution in [3.8, 4) is 0 Å². The van der Waals surface area contributed by atoms with Crippen LogP contribution < -0.4 is 0 Å². The van der Waals surface area contributed by atoms with Crippen LogP contribution in [0.25, 0.3) is 16.5 Å². The van der Waals surface area contributed by atoms with Crippen molar-refractivity contribution in [2.75, 3.05) is 13.2 Å². The first-order valence-corrected chi connectivity index (χ1v) is 12.6. The summed E-state index contributed by atoms with van der Waals surface area (Å²) < 4.78 is 5.67. The van der Waals surface area contributed by atoms with Crippen LogP contribution in [0.1, 0.15) is 63.8 Å². The van der Waals surface area contributed by atoms with E-state index >= 15 is 0 Å². The van der Waals surface area contributed by atoms with Gasteiger partial charge in [-0.2, -0.15) is 0 Å². The van der Waals surface area contributed by atoms with Crippen molar-refractivity contribution in [2.24, 2.45) is 0 Å². The molecule has 5 nitrogen and oxygen atoms in total. The Bertz CT molecular complexity index is 1290. The quantitative estimate of drug-likeness (QED) is 0.183. The van der Waals surface area contributed by atoms with E-state index in [0.717, 1.165) is 21.9 Å². The van der Waals surface area contributed by atoms with E-state index in [2.05, 4.69) is 20.8 Å². The fourth-order valence-corrected chi connectivity index (χ4v) is 4.75. The third-order valence-electron chi connectivity index (χ3n) is 6.67. The third-order valence-corrected chi connectivity index (χ3v) is 6.67. The summed E-state index contributed by atoms with van der Waals surface area (Å²) in [7, 11) is 0. The predicted octanol–water partition coefficient (Wildman–Crippen LogP) is 6.37. The number of hydrogen-bond donors (Lipinski definition) is 1. The van der Waals surface area contributed by atoms with Gasteiger partial charge < -0.3 is 14.7 Å². The lowest BCUT2D eigenvalue weighted by Gasteiger charge is -2.26. The van der Waals surface area contributed by atoms with Gasteiger partial charge in [0.1, 0.15) is 5.76 Å². The van der Waals surface area contributed by atoms with Gasteiger partial charge in [-0.1, -0.05) is 87.5 Å². The third kappa shape index (κ3) is 5.07. The normalized spacial score (nSPS) is 17.9. The van der Waals surface area contributed by atoms with Crippen LogP contribution in [0, 0.1) is 0 Å². The second-order valence-corrected chi connectivity index (χ2v) is 10.7. The van der Waals surface area contributed by atoms with Gasteiger partial charge >= 0.3 is 0 Å². The Morgan fingerprint density at radius 2 is 1.64 bits per heavy atom. The number of ether oxygens (including phenoxy) is 1. The molecule has 0 bridgehead atoms. The monoisotopic (exact) mass is 485 g/mol. The van der Waals surface area contributed by atoms with Crippen molar-refractivity contribution in [3.63, 3.8) is 0 Å². The first kappa shape index (κ1) is 25.6. The number of nitrogens with zero attached hydrogens (tertiary/aromatic N) is 1. The highest BCUT2D eigenvalue weighted by molar-refractivity contribution is 6.46. The van der Waals surface area contributed by atoms with Crippen molar-refractivity contribution < 1.29 is 19.4 Å². The maximum absolute atomic E-state index is 13.4. The van der Waals surface area contributed by atoms with E-state index < -0.39 is 17.7 Å². The molecule has 188 valence electrons. The molecule has 3 aromatic rings. The molecule has 1 amide bonds. The summed E-state index contributed by atoms with van der Waals surface area (Å²) >= 11 is 0. The highest BCUT2D eigenvalue weighted by Crippen LogP contribution is 2.41. The lowest BCUT2D eigenvalue weighted by atomic mass is 9.85. The Balaban J connectivity index is 1.82. The molecule has 0 aliphatic carbocycles. The van der Waals surface area contributed by atoms with E-state index in [-0.39, 0.29) is 22.9 Å². The van der Waals surface area contributed by atoms with Crippen LogP contribution in [0.4, 0.5) is 0 Å². The first-order chi connectivity index (χ1) is 17.1. The minimum atomic E-state index is -0.669. The average Bonchev–Trinajstić information content (AvgIpc) is 3.10. The molecule has 1 aliphatic heterocycles. The van der Waals surface area contributed by atoms with Crippen LogP contribution >= 0.6 is 0 Å². The molecule has 1 fully saturated rings. The standard InChI is InChI=1S/C31H35NO4/c1-20(2)36-19-9-18-32-27(22-14-16-23(17-15-22)31(3,4)5)26(29(34)30(32)35)28(33)25-13-8-11-21-10-6-7-12-24(21)25/h6-8,10-17,20,27,33H,9,18-19H2,1-5H3/b28-26-. The number of fused-ring (bicyclic) bond motifs is 1. The van der Waals surface area contributed by atoms with Crippen LogP contribution in [0.15, 0.2) is 72.3 Å². The molecule has 5 heteroatoms. The molecule has 1 heterocycles. The van der Waals surface area contributed by atoms with Crippen molar-refractivity contribution >= 4 is 28.2 Å². The molecule has 1 N–H and O–H groups in total. The van der Waals surface area contributed by atoms with Crippen LogP contribution in [0.3, 0.4) is 0 Å². The Morgan fingerprint density at radius 1 is 0.972 bits per heavy atom. The Morgan fingerprint density at radius 3 is 2.31 bits per heavy atom. The zero-order valence-corrected chi connectivity index (χ0v) is 21.7. The second kappa shape index (κ2) is 10.3. The fraction of sp³-hybridized carbons (Fsp3) is 0.355. The lowest BCUT2D eigenvalue weighted by molar-refractivity contribution is -0.140. The van der Waals surface area contributed by atoms with Crippen molar-refractivity contribution in [3.05, 3.63) is 89.0 Å². The Kier molecular flexibility index (Phi) is 7.32. The molecule has 1 saturated heterocycles. The van der Waals surface area contributed by atoms with E-state index in [0.29, 0.717) is 25.1 Å². The van der Waals surface area contributed by atoms with Gasteiger partial charge in [0.25, 0.3) is 11.7 Å². The summed E-state index contributed by atoms with van der Waals surface area (Å²) in [4.78, 5) is 28.2. The predicted molar refractivity (Wildman–Crippen MR) is 144 cm³/mol. The lowest BCUT2D eigenvalue weighted by Crippen LogP contribution is -2.31. The van der Waals surface area contributed by atoms with Gasteiger partial charge in [-0.3, -0.25) is 9.59 Å². The number of carbonyl (C=O) groups is 2. The van der Waals surface area contributed by atoms with Crippen molar-refractivity contribution in [1.29, 1.82) is 0 Å². The SMILES string of the molecule is CC(C)OCCCN1C(=O)C(=O)/C(=C(\O)c2cccc3ccccc23)C1c1ccc(C(C)(C)C)cc1.